The van der Waals surface area contributed by atoms with E-state index in [2.05, 4.69) is 4.74 Å². The number of nitrogens with zero attached hydrogens (tertiary/aromatic N) is 1. The van der Waals surface area contributed by atoms with Crippen LogP contribution in [0.3, 0.4) is 0 Å². The summed E-state index contributed by atoms with van der Waals surface area (Å²) in [6.07, 6.45) is -4.48. The van der Waals surface area contributed by atoms with Crippen molar-refractivity contribution in [2.24, 2.45) is 0 Å². The summed E-state index contributed by atoms with van der Waals surface area (Å²) >= 11 is 5.58. The van der Waals surface area contributed by atoms with E-state index in [0.29, 0.717) is 0 Å². The molecule has 0 atom stereocenters. The van der Waals surface area contributed by atoms with E-state index in [-0.39, 0.29) is 10.8 Å². The Labute approximate surface area is 104 Å². The van der Waals surface area contributed by atoms with Crippen LogP contribution in [-0.2, 0) is 4.74 Å². The third-order valence-corrected chi connectivity index (χ3v) is 1.92. The monoisotopic (exact) mass is 285 g/mol. The molecule has 0 radical (unpaired) electrons. The van der Waals surface area contributed by atoms with Crippen molar-refractivity contribution in [1.29, 1.82) is 0 Å². The van der Waals surface area contributed by atoms with Crippen molar-refractivity contribution in [3.05, 3.63) is 33.3 Å². The number of hydrogen-bond acceptors (Lipinski definition) is 4. The van der Waals surface area contributed by atoms with E-state index in [1.807, 2.05) is 0 Å². The van der Waals surface area contributed by atoms with E-state index in [1.165, 1.54) is 6.07 Å². The Bertz CT molecular complexity index is 438. The highest BCUT2D eigenvalue weighted by atomic mass is 35.5. The van der Waals surface area contributed by atoms with Crippen molar-refractivity contribution in [3.8, 4) is 5.75 Å². The number of ether oxygens (including phenoxy) is 2. The van der Waals surface area contributed by atoms with Crippen molar-refractivity contribution in [3.63, 3.8) is 0 Å². The van der Waals surface area contributed by atoms with Gasteiger partial charge >= 0.3 is 11.9 Å². The van der Waals surface area contributed by atoms with Gasteiger partial charge in [0.25, 0.3) is 0 Å². The largest absolute Gasteiger partial charge is 0.460 e. The molecule has 0 heterocycles. The lowest BCUT2D eigenvalue weighted by molar-refractivity contribution is -0.386. The maximum absolute atomic E-state index is 11.7. The van der Waals surface area contributed by atoms with Gasteiger partial charge in [0.05, 0.1) is 4.92 Å². The molecule has 1 rings (SSSR count). The highest BCUT2D eigenvalue weighted by molar-refractivity contribution is 6.30. The Hall–Kier alpha value is -1.54. The van der Waals surface area contributed by atoms with Gasteiger partial charge in [-0.15, -0.1) is 0 Å². The molecule has 100 valence electrons. The van der Waals surface area contributed by atoms with Gasteiger partial charge in [0.15, 0.2) is 6.79 Å². The smallest absolute Gasteiger partial charge is 0.411 e. The molecule has 18 heavy (non-hydrogen) atoms. The number of rotatable bonds is 5. The normalized spacial score (nSPS) is 11.3. The topological polar surface area (TPSA) is 61.6 Å². The van der Waals surface area contributed by atoms with Crippen LogP contribution in [0.5, 0.6) is 5.75 Å². The molecule has 0 saturated carbocycles. The molecule has 1 aromatic rings. The molecule has 9 heteroatoms. The number of hydrogen-bond donors (Lipinski definition) is 0. The van der Waals surface area contributed by atoms with Gasteiger partial charge in [-0.1, -0.05) is 11.6 Å². The van der Waals surface area contributed by atoms with Crippen LogP contribution in [0.4, 0.5) is 18.9 Å². The summed E-state index contributed by atoms with van der Waals surface area (Å²) in [5.74, 6) is -0.255. The van der Waals surface area contributed by atoms with Gasteiger partial charge in [-0.2, -0.15) is 13.2 Å². The molecule has 0 fully saturated rings. The van der Waals surface area contributed by atoms with Crippen molar-refractivity contribution < 1.29 is 27.6 Å². The molecule has 0 unspecified atom stereocenters. The van der Waals surface area contributed by atoms with Crippen LogP contribution >= 0.6 is 11.6 Å². The van der Waals surface area contributed by atoms with Crippen molar-refractivity contribution in [2.75, 3.05) is 13.4 Å². The molecule has 0 spiro atoms. The van der Waals surface area contributed by atoms with E-state index in [9.17, 15) is 23.3 Å². The zero-order valence-corrected chi connectivity index (χ0v) is 9.49. The summed E-state index contributed by atoms with van der Waals surface area (Å²) in [7, 11) is 0. The van der Waals surface area contributed by atoms with Gasteiger partial charge in [-0.25, -0.2) is 0 Å². The molecule has 0 aromatic heterocycles. The summed E-state index contributed by atoms with van der Waals surface area (Å²) in [6.45, 7) is -2.26. The van der Waals surface area contributed by atoms with Gasteiger partial charge in [-0.3, -0.25) is 10.1 Å². The Kier molecular flexibility index (Phi) is 4.74. The van der Waals surface area contributed by atoms with Crippen LogP contribution in [0, 0.1) is 10.1 Å². The number of nitro benzene ring substituents is 1. The molecule has 0 aliphatic rings. The average molecular weight is 286 g/mol. The zero-order valence-electron chi connectivity index (χ0n) is 8.74. The molecular formula is C9H7ClF3NO4. The van der Waals surface area contributed by atoms with Crippen molar-refractivity contribution in [1.82, 2.24) is 0 Å². The third kappa shape index (κ3) is 4.76. The van der Waals surface area contributed by atoms with Gasteiger partial charge < -0.3 is 9.47 Å². The third-order valence-electron chi connectivity index (χ3n) is 1.68. The predicted octanol–water partition coefficient (Wildman–Crippen LogP) is 3.16. The molecule has 0 N–H and O–H groups in total. The van der Waals surface area contributed by atoms with E-state index >= 15 is 0 Å². The van der Waals surface area contributed by atoms with Crippen LogP contribution in [0.15, 0.2) is 18.2 Å². The summed E-state index contributed by atoms with van der Waals surface area (Å²) < 4.78 is 44.1. The zero-order chi connectivity index (χ0) is 13.8. The maximum Gasteiger partial charge on any atom is 0.411 e. The molecule has 0 amide bonds. The Balaban J connectivity index is 2.61. The highest BCUT2D eigenvalue weighted by Crippen LogP contribution is 2.29. The summed E-state index contributed by atoms with van der Waals surface area (Å²) in [4.78, 5) is 9.85. The molecule has 0 aliphatic heterocycles. The fourth-order valence-corrected chi connectivity index (χ4v) is 1.18. The van der Waals surface area contributed by atoms with E-state index in [0.717, 1.165) is 12.1 Å². The standard InChI is InChI=1S/C9H7ClF3NO4/c10-6-1-2-7(14(15)16)8(3-6)18-5-17-4-9(11,12)13/h1-3H,4-5H2. The second-order valence-corrected chi connectivity index (χ2v) is 3.53. The molecule has 5 nitrogen and oxygen atoms in total. The first-order chi connectivity index (χ1) is 8.29. The second kappa shape index (κ2) is 5.87. The first-order valence-electron chi connectivity index (χ1n) is 4.51. The number of alkyl halides is 3. The number of halogens is 4. The van der Waals surface area contributed by atoms with Crippen molar-refractivity contribution >= 4 is 17.3 Å². The van der Waals surface area contributed by atoms with Crippen LogP contribution in [0.2, 0.25) is 5.02 Å². The lowest BCUT2D eigenvalue weighted by Gasteiger charge is -2.09. The molecule has 1 aromatic carbocycles. The van der Waals surface area contributed by atoms with Gasteiger partial charge in [0, 0.05) is 17.2 Å². The summed E-state index contributed by atoms with van der Waals surface area (Å²) in [6, 6.07) is 3.47. The predicted molar refractivity (Wildman–Crippen MR) is 55.6 cm³/mol. The number of nitro groups is 1. The summed E-state index contributed by atoms with van der Waals surface area (Å²) in [5.41, 5.74) is -0.407. The average Bonchev–Trinajstić information content (AvgIpc) is 2.22. The first kappa shape index (κ1) is 14.5. The minimum atomic E-state index is -4.48. The maximum atomic E-state index is 11.7. The number of benzene rings is 1. The van der Waals surface area contributed by atoms with Crippen LogP contribution in [0.1, 0.15) is 0 Å². The first-order valence-corrected chi connectivity index (χ1v) is 4.88. The van der Waals surface area contributed by atoms with Gasteiger partial charge in [-0.05, 0) is 6.07 Å². The van der Waals surface area contributed by atoms with E-state index in [1.54, 1.807) is 0 Å². The van der Waals surface area contributed by atoms with Crippen LogP contribution in [0.25, 0.3) is 0 Å². The van der Waals surface area contributed by atoms with E-state index < -0.39 is 30.2 Å². The SMILES string of the molecule is O=[N+]([O-])c1ccc(Cl)cc1OCOCC(F)(F)F. The van der Waals surface area contributed by atoms with Gasteiger partial charge in [0.2, 0.25) is 5.75 Å². The summed E-state index contributed by atoms with van der Waals surface area (Å²) in [5, 5.41) is 10.7. The minimum Gasteiger partial charge on any atom is -0.460 e. The quantitative estimate of drug-likeness (QED) is 0.361. The fourth-order valence-electron chi connectivity index (χ4n) is 1.02. The Morgan fingerprint density at radius 2 is 2.06 bits per heavy atom. The van der Waals surface area contributed by atoms with Crippen LogP contribution < -0.4 is 4.74 Å². The molecule has 0 bridgehead atoms. The Morgan fingerprint density at radius 3 is 2.61 bits per heavy atom. The lowest BCUT2D eigenvalue weighted by atomic mass is 10.3. The van der Waals surface area contributed by atoms with Crippen molar-refractivity contribution in [2.45, 2.75) is 6.18 Å². The molecule has 0 aliphatic carbocycles. The minimum absolute atomic E-state index is 0.159. The van der Waals surface area contributed by atoms with E-state index in [4.69, 9.17) is 16.3 Å². The molecular weight excluding hydrogens is 279 g/mol. The second-order valence-electron chi connectivity index (χ2n) is 3.09. The fraction of sp³-hybridized carbons (Fsp3) is 0.333. The van der Waals surface area contributed by atoms with Gasteiger partial charge in [0.1, 0.15) is 6.61 Å². The molecule has 0 saturated heterocycles. The lowest BCUT2D eigenvalue weighted by Crippen LogP contribution is -2.19. The van der Waals surface area contributed by atoms with Crippen LogP contribution in [-0.4, -0.2) is 24.5 Å². The highest BCUT2D eigenvalue weighted by Gasteiger charge is 2.27. The Morgan fingerprint density at radius 1 is 1.39 bits per heavy atom.